The SMILES string of the molecule is O=C1S/C(=C/c2cc(Br)c(OCc3ccc(F)cc3)c(Br)c2)C(=O)N1c1cccc(Cl)c1. The van der Waals surface area contributed by atoms with Gasteiger partial charge in [0, 0.05) is 5.02 Å². The van der Waals surface area contributed by atoms with Crippen molar-refractivity contribution in [2.45, 2.75) is 6.61 Å². The first kappa shape index (κ1) is 23.0. The fourth-order valence-electron chi connectivity index (χ4n) is 2.99. The van der Waals surface area contributed by atoms with E-state index in [9.17, 15) is 14.0 Å². The minimum Gasteiger partial charge on any atom is -0.487 e. The Morgan fingerprint density at radius 1 is 1.03 bits per heavy atom. The van der Waals surface area contributed by atoms with E-state index in [1.54, 1.807) is 54.6 Å². The average molecular weight is 598 g/mol. The summed E-state index contributed by atoms with van der Waals surface area (Å²) in [7, 11) is 0. The molecule has 162 valence electrons. The van der Waals surface area contributed by atoms with E-state index >= 15 is 0 Å². The lowest BCUT2D eigenvalue weighted by Gasteiger charge is -2.13. The van der Waals surface area contributed by atoms with E-state index < -0.39 is 5.91 Å². The number of hydrogen-bond acceptors (Lipinski definition) is 4. The number of carbonyl (C=O) groups is 2. The Kier molecular flexibility index (Phi) is 7.05. The molecule has 0 radical (unpaired) electrons. The van der Waals surface area contributed by atoms with Gasteiger partial charge in [-0.1, -0.05) is 29.8 Å². The van der Waals surface area contributed by atoms with Crippen LogP contribution in [0, 0.1) is 5.82 Å². The Morgan fingerprint density at radius 3 is 2.38 bits per heavy atom. The highest BCUT2D eigenvalue weighted by molar-refractivity contribution is 9.11. The predicted octanol–water partition coefficient (Wildman–Crippen LogP) is 7.82. The summed E-state index contributed by atoms with van der Waals surface area (Å²) in [6, 6.07) is 16.2. The number of thioether (sulfide) groups is 1. The molecule has 0 aromatic heterocycles. The van der Waals surface area contributed by atoms with Gasteiger partial charge in [0.05, 0.1) is 19.5 Å². The van der Waals surface area contributed by atoms with Crippen molar-refractivity contribution in [3.63, 3.8) is 0 Å². The van der Waals surface area contributed by atoms with E-state index in [1.165, 1.54) is 12.1 Å². The lowest BCUT2D eigenvalue weighted by Crippen LogP contribution is -2.27. The number of anilines is 1. The molecule has 0 aliphatic carbocycles. The van der Waals surface area contributed by atoms with E-state index in [-0.39, 0.29) is 17.7 Å². The van der Waals surface area contributed by atoms with Crippen molar-refractivity contribution in [1.29, 1.82) is 0 Å². The van der Waals surface area contributed by atoms with Gasteiger partial charge in [-0.05, 0) is 103 Å². The number of imide groups is 1. The molecule has 1 aliphatic heterocycles. The monoisotopic (exact) mass is 595 g/mol. The lowest BCUT2D eigenvalue weighted by atomic mass is 10.2. The third-order valence-electron chi connectivity index (χ3n) is 4.47. The topological polar surface area (TPSA) is 46.6 Å². The van der Waals surface area contributed by atoms with E-state index in [0.29, 0.717) is 35.9 Å². The molecule has 0 N–H and O–H groups in total. The van der Waals surface area contributed by atoms with Crippen LogP contribution >= 0.6 is 55.2 Å². The van der Waals surface area contributed by atoms with Crippen LogP contribution < -0.4 is 9.64 Å². The van der Waals surface area contributed by atoms with E-state index in [1.807, 2.05) is 0 Å². The summed E-state index contributed by atoms with van der Waals surface area (Å²) in [4.78, 5) is 26.7. The van der Waals surface area contributed by atoms with Crippen LogP contribution in [0.4, 0.5) is 14.9 Å². The summed E-state index contributed by atoms with van der Waals surface area (Å²) in [6.07, 6.45) is 1.65. The molecular weight excluding hydrogens is 585 g/mol. The summed E-state index contributed by atoms with van der Waals surface area (Å²) in [5.74, 6) is -0.148. The molecule has 1 saturated heterocycles. The van der Waals surface area contributed by atoms with Gasteiger partial charge in [-0.25, -0.2) is 9.29 Å². The minimum atomic E-state index is -0.411. The molecule has 0 saturated carbocycles. The predicted molar refractivity (Wildman–Crippen MR) is 132 cm³/mol. The molecule has 3 aromatic rings. The molecule has 1 heterocycles. The molecule has 4 rings (SSSR count). The Bertz CT molecular complexity index is 1230. The van der Waals surface area contributed by atoms with Crippen LogP contribution in [0.15, 0.2) is 74.5 Å². The Labute approximate surface area is 209 Å². The largest absolute Gasteiger partial charge is 0.487 e. The van der Waals surface area contributed by atoms with Gasteiger partial charge < -0.3 is 4.74 Å². The summed E-state index contributed by atoms with van der Waals surface area (Å²) < 4.78 is 20.2. The number of rotatable bonds is 5. The van der Waals surface area contributed by atoms with E-state index in [4.69, 9.17) is 16.3 Å². The second-order valence-electron chi connectivity index (χ2n) is 6.73. The molecule has 4 nitrogen and oxygen atoms in total. The maximum absolute atomic E-state index is 13.1. The average Bonchev–Trinajstić information content (AvgIpc) is 3.01. The molecule has 2 amide bonds. The van der Waals surface area contributed by atoms with Crippen molar-refractivity contribution in [3.05, 3.63) is 96.5 Å². The normalized spacial score (nSPS) is 15.0. The number of nitrogens with zero attached hydrogens (tertiary/aromatic N) is 1. The van der Waals surface area contributed by atoms with Crippen molar-refractivity contribution < 1.29 is 18.7 Å². The number of hydrogen-bond donors (Lipinski definition) is 0. The summed E-state index contributed by atoms with van der Waals surface area (Å²) in [6.45, 7) is 0.259. The van der Waals surface area contributed by atoms with Gasteiger partial charge in [0.25, 0.3) is 11.1 Å². The zero-order valence-corrected chi connectivity index (χ0v) is 20.9. The minimum absolute atomic E-state index is 0.259. The van der Waals surface area contributed by atoms with Gasteiger partial charge in [0.2, 0.25) is 0 Å². The number of ether oxygens (including phenoxy) is 1. The van der Waals surface area contributed by atoms with Crippen LogP contribution in [0.1, 0.15) is 11.1 Å². The third kappa shape index (κ3) is 5.09. The molecule has 3 aromatic carbocycles. The van der Waals surface area contributed by atoms with Crippen LogP contribution in [-0.2, 0) is 11.4 Å². The summed E-state index contributed by atoms with van der Waals surface area (Å²) in [5.41, 5.74) is 1.95. The number of halogens is 4. The Hall–Kier alpha value is -2.13. The van der Waals surface area contributed by atoms with Crippen LogP contribution in [0.3, 0.4) is 0 Å². The smallest absolute Gasteiger partial charge is 0.298 e. The molecule has 1 aliphatic rings. The molecule has 32 heavy (non-hydrogen) atoms. The highest BCUT2D eigenvalue weighted by Crippen LogP contribution is 2.39. The van der Waals surface area contributed by atoms with Crippen molar-refractivity contribution in [2.24, 2.45) is 0 Å². The molecule has 0 spiro atoms. The van der Waals surface area contributed by atoms with Crippen molar-refractivity contribution in [2.75, 3.05) is 4.90 Å². The van der Waals surface area contributed by atoms with Gasteiger partial charge >= 0.3 is 0 Å². The van der Waals surface area contributed by atoms with Crippen molar-refractivity contribution >= 4 is 78.1 Å². The zero-order valence-electron chi connectivity index (χ0n) is 16.2. The highest BCUT2D eigenvalue weighted by Gasteiger charge is 2.36. The molecule has 0 bridgehead atoms. The van der Waals surface area contributed by atoms with Gasteiger partial charge in [-0.2, -0.15) is 0 Å². The highest BCUT2D eigenvalue weighted by atomic mass is 79.9. The Morgan fingerprint density at radius 2 is 1.72 bits per heavy atom. The number of amides is 2. The van der Waals surface area contributed by atoms with Gasteiger partial charge in [-0.3, -0.25) is 9.59 Å². The lowest BCUT2D eigenvalue weighted by molar-refractivity contribution is -0.113. The first-order valence-corrected chi connectivity index (χ1v) is 12.0. The number of carbonyl (C=O) groups excluding carboxylic acids is 2. The Balaban J connectivity index is 1.54. The second kappa shape index (κ2) is 9.79. The maximum Gasteiger partial charge on any atom is 0.298 e. The standard InChI is InChI=1S/C23H13Br2ClFNO3S/c24-18-8-14(9-19(25)21(18)31-12-13-4-6-16(27)7-5-13)10-20-22(29)28(23(30)32-20)17-3-1-2-15(26)11-17/h1-11H,12H2/b20-10+. The second-order valence-corrected chi connectivity index (χ2v) is 9.86. The molecule has 9 heteroatoms. The summed E-state index contributed by atoms with van der Waals surface area (Å²) in [5, 5.41) is 0.0514. The molecule has 0 unspecified atom stereocenters. The van der Waals surface area contributed by atoms with Crippen LogP contribution in [0.5, 0.6) is 5.75 Å². The molecule has 1 fully saturated rings. The molecular formula is C23H13Br2ClFNO3S. The zero-order chi connectivity index (χ0) is 22.8. The fourth-order valence-corrected chi connectivity index (χ4v) is 5.47. The van der Waals surface area contributed by atoms with Crippen LogP contribution in [0.2, 0.25) is 5.02 Å². The summed E-state index contributed by atoms with van der Waals surface area (Å²) >= 11 is 13.8. The van der Waals surface area contributed by atoms with Crippen molar-refractivity contribution in [3.8, 4) is 5.75 Å². The number of benzene rings is 3. The van der Waals surface area contributed by atoms with Gasteiger partial charge in [-0.15, -0.1) is 0 Å². The van der Waals surface area contributed by atoms with E-state index in [2.05, 4.69) is 31.9 Å². The van der Waals surface area contributed by atoms with Gasteiger partial charge in [0.15, 0.2) is 0 Å². The molecule has 0 atom stereocenters. The first-order chi connectivity index (χ1) is 15.3. The van der Waals surface area contributed by atoms with Crippen LogP contribution in [-0.4, -0.2) is 11.1 Å². The van der Waals surface area contributed by atoms with E-state index in [0.717, 1.165) is 22.2 Å². The fraction of sp³-hybridized carbons (Fsp3) is 0.0435. The quantitative estimate of drug-likeness (QED) is 0.282. The maximum atomic E-state index is 13.1. The third-order valence-corrected chi connectivity index (χ3v) is 6.76. The first-order valence-electron chi connectivity index (χ1n) is 9.21. The van der Waals surface area contributed by atoms with Crippen molar-refractivity contribution in [1.82, 2.24) is 0 Å². The van der Waals surface area contributed by atoms with Gasteiger partial charge in [0.1, 0.15) is 18.2 Å². The van der Waals surface area contributed by atoms with Crippen LogP contribution in [0.25, 0.3) is 6.08 Å².